The highest BCUT2D eigenvalue weighted by Gasteiger charge is 2.41. The molecule has 3 aromatic rings. The van der Waals surface area contributed by atoms with E-state index in [0.717, 1.165) is 62.1 Å². The standard InChI is InChI=1S/C34H38N4O4/c1-8-19-16(3)22-13-23-17(4)20(10-11-29(40)42-7)31(37-23)21-12-27(39)30-18(5)24(38-32(21)30)15-28-34(6,9-2)33(41)26(36-28)14-25(19)35-22/h13-15,17,20,35,38H,8-12H2,1-7H3/t17-,20-,34?/m0/s1. The van der Waals surface area contributed by atoms with Gasteiger partial charge < -0.3 is 14.7 Å². The van der Waals surface area contributed by atoms with E-state index in [1.165, 1.54) is 7.11 Å². The molecule has 6 rings (SSSR count). The molecule has 3 aliphatic rings. The summed E-state index contributed by atoms with van der Waals surface area (Å²) in [4.78, 5) is 56.6. The number of ketones is 2. The van der Waals surface area contributed by atoms with Gasteiger partial charge in [-0.2, -0.15) is 0 Å². The fourth-order valence-electron chi connectivity index (χ4n) is 7.03. The van der Waals surface area contributed by atoms with Crippen molar-refractivity contribution in [1.29, 1.82) is 0 Å². The monoisotopic (exact) mass is 566 g/mol. The molecule has 8 nitrogen and oxygen atoms in total. The van der Waals surface area contributed by atoms with Crippen LogP contribution in [-0.4, -0.2) is 44.6 Å². The maximum absolute atomic E-state index is 13.8. The minimum atomic E-state index is -0.769. The van der Waals surface area contributed by atoms with Gasteiger partial charge in [0.2, 0.25) is 0 Å². The van der Waals surface area contributed by atoms with Gasteiger partial charge in [0, 0.05) is 58.0 Å². The van der Waals surface area contributed by atoms with Crippen LogP contribution in [-0.2, 0) is 27.8 Å². The van der Waals surface area contributed by atoms with Gasteiger partial charge >= 0.3 is 5.97 Å². The summed E-state index contributed by atoms with van der Waals surface area (Å²) >= 11 is 0. The van der Waals surface area contributed by atoms with E-state index in [1.54, 1.807) is 0 Å². The van der Waals surface area contributed by atoms with Crippen LogP contribution >= 0.6 is 0 Å². The van der Waals surface area contributed by atoms with E-state index >= 15 is 0 Å². The van der Waals surface area contributed by atoms with E-state index < -0.39 is 5.41 Å². The Labute approximate surface area is 245 Å². The molecule has 0 spiro atoms. The van der Waals surface area contributed by atoms with Crippen molar-refractivity contribution in [3.63, 3.8) is 0 Å². The normalized spacial score (nSPS) is 21.3. The number of aryl methyl sites for hydroxylation is 3. The number of methoxy groups -OCH3 is 1. The number of esters is 1. The zero-order valence-corrected chi connectivity index (χ0v) is 25.4. The van der Waals surface area contributed by atoms with Gasteiger partial charge in [0.05, 0.1) is 29.4 Å². The fourth-order valence-corrected chi connectivity index (χ4v) is 7.03. The lowest BCUT2D eigenvalue weighted by molar-refractivity contribution is -0.140. The molecule has 8 bridgehead atoms. The highest BCUT2D eigenvalue weighted by Crippen LogP contribution is 2.44. The number of fused-ring (bicyclic) bond motifs is 8. The Morgan fingerprint density at radius 3 is 2.48 bits per heavy atom. The number of ether oxygens (including phenoxy) is 1. The largest absolute Gasteiger partial charge is 0.469 e. The zero-order valence-electron chi connectivity index (χ0n) is 25.4. The lowest BCUT2D eigenvalue weighted by Gasteiger charge is -2.19. The Bertz CT molecular complexity index is 1850. The highest BCUT2D eigenvalue weighted by atomic mass is 16.5. The second-order valence-electron chi connectivity index (χ2n) is 12.2. The molecule has 3 atom stereocenters. The molecule has 5 heterocycles. The Hall–Kier alpha value is -4.07. The third-order valence-electron chi connectivity index (χ3n) is 9.98. The van der Waals surface area contributed by atoms with Crippen molar-refractivity contribution in [2.75, 3.05) is 7.11 Å². The van der Waals surface area contributed by atoms with Crippen LogP contribution in [0.15, 0.2) is 18.2 Å². The molecule has 2 aliphatic heterocycles. The van der Waals surface area contributed by atoms with Crippen molar-refractivity contribution in [1.82, 2.24) is 19.9 Å². The van der Waals surface area contributed by atoms with Gasteiger partial charge in [-0.1, -0.05) is 20.8 Å². The maximum Gasteiger partial charge on any atom is 0.305 e. The number of aromatic amines is 2. The number of nitrogens with zero attached hydrogens (tertiary/aromatic N) is 2. The van der Waals surface area contributed by atoms with E-state index in [0.29, 0.717) is 29.8 Å². The smallest absolute Gasteiger partial charge is 0.305 e. The Balaban J connectivity index is 1.74. The third-order valence-corrected chi connectivity index (χ3v) is 9.98. The molecule has 0 radical (unpaired) electrons. The molecule has 0 aromatic carbocycles. The number of rotatable bonds is 5. The Kier molecular flexibility index (Phi) is 6.71. The summed E-state index contributed by atoms with van der Waals surface area (Å²) in [6, 6.07) is 5.92. The van der Waals surface area contributed by atoms with Gasteiger partial charge in [-0.05, 0) is 74.9 Å². The maximum atomic E-state index is 13.8. The first kappa shape index (κ1) is 28.1. The molecule has 0 saturated carbocycles. The van der Waals surface area contributed by atoms with E-state index in [2.05, 4.69) is 36.8 Å². The van der Waals surface area contributed by atoms with Crippen LogP contribution in [0.4, 0.5) is 0 Å². The predicted molar refractivity (Wildman–Crippen MR) is 162 cm³/mol. The van der Waals surface area contributed by atoms with Crippen molar-refractivity contribution in [3.05, 3.63) is 68.8 Å². The summed E-state index contributed by atoms with van der Waals surface area (Å²) in [7, 11) is 1.41. The van der Waals surface area contributed by atoms with Crippen LogP contribution in [0.1, 0.15) is 119 Å². The van der Waals surface area contributed by atoms with Gasteiger partial charge in [-0.15, -0.1) is 0 Å². The average Bonchev–Trinajstić information content (AvgIpc) is 3.71. The summed E-state index contributed by atoms with van der Waals surface area (Å²) < 4.78 is 4.96. The number of aromatic nitrogens is 4. The van der Waals surface area contributed by atoms with E-state index in [-0.39, 0.29) is 42.2 Å². The zero-order chi connectivity index (χ0) is 30.1. The van der Waals surface area contributed by atoms with Crippen LogP contribution in [0.2, 0.25) is 0 Å². The molecule has 218 valence electrons. The van der Waals surface area contributed by atoms with E-state index in [9.17, 15) is 14.4 Å². The molecule has 0 saturated heterocycles. The second-order valence-corrected chi connectivity index (χ2v) is 12.2. The first-order valence-electron chi connectivity index (χ1n) is 14.9. The molecule has 8 heteroatoms. The summed E-state index contributed by atoms with van der Waals surface area (Å²) in [6.07, 6.45) is 2.51. The van der Waals surface area contributed by atoms with Gasteiger partial charge in [-0.3, -0.25) is 19.4 Å². The van der Waals surface area contributed by atoms with Gasteiger partial charge in [0.25, 0.3) is 0 Å². The topological polar surface area (TPSA) is 118 Å². The van der Waals surface area contributed by atoms with Crippen LogP contribution in [0, 0.1) is 13.8 Å². The van der Waals surface area contributed by atoms with E-state index in [4.69, 9.17) is 14.7 Å². The van der Waals surface area contributed by atoms with Crippen LogP contribution in [0.25, 0.3) is 22.1 Å². The molecule has 2 N–H and O–H groups in total. The second kappa shape index (κ2) is 10.0. The summed E-state index contributed by atoms with van der Waals surface area (Å²) in [5.41, 5.74) is 10.2. The summed E-state index contributed by atoms with van der Waals surface area (Å²) in [6.45, 7) is 12.2. The average molecular weight is 567 g/mol. The quantitative estimate of drug-likeness (QED) is 0.335. The minimum absolute atomic E-state index is 0.00142. The predicted octanol–water partition coefficient (Wildman–Crippen LogP) is 6.62. The summed E-state index contributed by atoms with van der Waals surface area (Å²) in [5.74, 6) is -0.221. The molecular formula is C34H38N4O4. The van der Waals surface area contributed by atoms with Crippen molar-refractivity contribution in [2.24, 2.45) is 0 Å². The minimum Gasteiger partial charge on any atom is -0.469 e. The van der Waals surface area contributed by atoms with Gasteiger partial charge in [-0.25, -0.2) is 4.98 Å². The number of Topliss-reactive ketones (excluding diaryl/α,β-unsaturated/α-hetero) is 2. The molecule has 1 aliphatic carbocycles. The number of carbonyl (C=O) groups is 3. The lowest BCUT2D eigenvalue weighted by atomic mass is 9.80. The Morgan fingerprint density at radius 1 is 1.05 bits per heavy atom. The SMILES string of the molecule is CCc1c(C)c2cc3nc(c4c5[nH]c(cc6nc(cc1[nH]2)C(=O)C6(C)CC)c(C)c5C(=O)C4)[C@@H](CCC(=O)OC)[C@@H]3C. The first-order chi connectivity index (χ1) is 20.0. The van der Waals surface area contributed by atoms with Crippen molar-refractivity contribution >= 4 is 39.6 Å². The van der Waals surface area contributed by atoms with Crippen molar-refractivity contribution in [3.8, 4) is 0 Å². The molecule has 42 heavy (non-hydrogen) atoms. The lowest BCUT2D eigenvalue weighted by Crippen LogP contribution is -2.27. The molecule has 0 fully saturated rings. The molecule has 0 amide bonds. The van der Waals surface area contributed by atoms with Crippen LogP contribution in [0.3, 0.4) is 0 Å². The molecule has 1 unspecified atom stereocenters. The summed E-state index contributed by atoms with van der Waals surface area (Å²) in [5, 5.41) is 0. The number of hydrogen-bond acceptors (Lipinski definition) is 6. The van der Waals surface area contributed by atoms with Gasteiger partial charge in [0.1, 0.15) is 5.69 Å². The fraction of sp³-hybridized carbons (Fsp3) is 0.441. The highest BCUT2D eigenvalue weighted by molar-refractivity contribution is 6.13. The first-order valence-corrected chi connectivity index (χ1v) is 14.9. The van der Waals surface area contributed by atoms with Crippen molar-refractivity contribution < 1.29 is 19.1 Å². The Morgan fingerprint density at radius 2 is 1.79 bits per heavy atom. The third kappa shape index (κ3) is 4.06. The van der Waals surface area contributed by atoms with Crippen LogP contribution < -0.4 is 0 Å². The molecule has 3 aromatic heterocycles. The van der Waals surface area contributed by atoms with Crippen LogP contribution in [0.5, 0.6) is 0 Å². The molecular weight excluding hydrogens is 528 g/mol. The number of nitrogens with one attached hydrogen (secondary N) is 2. The van der Waals surface area contributed by atoms with E-state index in [1.807, 2.05) is 32.9 Å². The number of hydrogen-bond donors (Lipinski definition) is 2. The number of carbonyl (C=O) groups excluding carboxylic acids is 3. The van der Waals surface area contributed by atoms with Crippen molar-refractivity contribution in [2.45, 2.75) is 90.9 Å². The number of H-pyrrole nitrogens is 2. The van der Waals surface area contributed by atoms with Gasteiger partial charge in [0.15, 0.2) is 11.6 Å².